The molecule has 0 aliphatic carbocycles. The molecule has 0 aromatic carbocycles. The predicted octanol–water partition coefficient (Wildman–Crippen LogP) is 0.417. The number of allylic oxidation sites excluding steroid dienone is 2. The summed E-state index contributed by atoms with van der Waals surface area (Å²) in [5, 5.41) is 0. The van der Waals surface area contributed by atoms with Crippen LogP contribution in [-0.2, 0) is 9.53 Å². The van der Waals surface area contributed by atoms with Gasteiger partial charge in [-0.3, -0.25) is 4.90 Å². The van der Waals surface area contributed by atoms with Gasteiger partial charge in [0.1, 0.15) is 0 Å². The highest BCUT2D eigenvalue weighted by Gasteiger charge is 2.38. The Bertz CT molecular complexity index is 251. The van der Waals surface area contributed by atoms with Gasteiger partial charge in [0.25, 0.3) is 0 Å². The maximum atomic E-state index is 10.8. The van der Waals surface area contributed by atoms with E-state index in [-0.39, 0.29) is 0 Å². The number of esters is 1. The van der Waals surface area contributed by atoms with Crippen molar-refractivity contribution in [3.8, 4) is 0 Å². The molecule has 0 radical (unpaired) electrons. The fourth-order valence-corrected chi connectivity index (χ4v) is 1.06. The Morgan fingerprint density at radius 1 is 1.36 bits per heavy atom. The van der Waals surface area contributed by atoms with Gasteiger partial charge in [0.05, 0.1) is 0 Å². The van der Waals surface area contributed by atoms with Gasteiger partial charge in [-0.15, -0.1) is 0 Å². The highest BCUT2D eigenvalue weighted by atomic mass is 16.6. The highest BCUT2D eigenvalue weighted by Crippen LogP contribution is 2.17. The van der Waals surface area contributed by atoms with E-state index < -0.39 is 18.1 Å². The lowest BCUT2D eigenvalue weighted by Gasteiger charge is -2.13. The molecule has 11 heavy (non-hydrogen) atoms. The summed E-state index contributed by atoms with van der Waals surface area (Å²) in [6, 6.07) is -0.535. The summed E-state index contributed by atoms with van der Waals surface area (Å²) in [5.74, 6) is -0.504. The van der Waals surface area contributed by atoms with Gasteiger partial charge in [0.2, 0.25) is 0 Å². The molecule has 56 valence electrons. The van der Waals surface area contributed by atoms with Crippen molar-refractivity contribution >= 4 is 12.1 Å². The van der Waals surface area contributed by atoms with Crippen molar-refractivity contribution in [2.75, 3.05) is 0 Å². The zero-order valence-electron chi connectivity index (χ0n) is 5.56. The fourth-order valence-electron chi connectivity index (χ4n) is 1.06. The van der Waals surface area contributed by atoms with Gasteiger partial charge in [-0.1, -0.05) is 12.2 Å². The zero-order valence-corrected chi connectivity index (χ0v) is 5.56. The van der Waals surface area contributed by atoms with Crippen molar-refractivity contribution in [2.45, 2.75) is 6.04 Å². The highest BCUT2D eigenvalue weighted by molar-refractivity contribution is 5.97. The summed E-state index contributed by atoms with van der Waals surface area (Å²) in [4.78, 5) is 22.9. The van der Waals surface area contributed by atoms with Crippen molar-refractivity contribution in [2.24, 2.45) is 0 Å². The van der Waals surface area contributed by atoms with E-state index in [0.717, 1.165) is 0 Å². The normalized spacial score (nSPS) is 27.3. The Balaban J connectivity index is 2.37. The van der Waals surface area contributed by atoms with Gasteiger partial charge in [-0.25, -0.2) is 9.59 Å². The van der Waals surface area contributed by atoms with Crippen molar-refractivity contribution in [3.05, 3.63) is 24.4 Å². The molecular formula is C7H5NO3. The number of nitrogens with zero attached hydrogens (tertiary/aromatic N) is 1. The summed E-state index contributed by atoms with van der Waals surface area (Å²) in [6.45, 7) is 0. The molecule has 0 N–H and O–H groups in total. The van der Waals surface area contributed by atoms with Crippen LogP contribution in [0.1, 0.15) is 0 Å². The third-order valence-corrected chi connectivity index (χ3v) is 1.59. The molecule has 0 aromatic heterocycles. The van der Waals surface area contributed by atoms with Crippen LogP contribution >= 0.6 is 0 Å². The average Bonchev–Trinajstić information content (AvgIpc) is 2.30. The first-order chi connectivity index (χ1) is 5.29. The smallest absolute Gasteiger partial charge is 0.374 e. The molecule has 0 aromatic rings. The Labute approximate surface area is 62.7 Å². The third kappa shape index (κ3) is 0.756. The standard InChI is InChI=1S/C7H5NO3/c9-6-5-3-1-2-4-8(5)7(10)11-6/h1-5H. The number of carbonyl (C=O) groups excluding carboxylic acids is 2. The number of fused-ring (bicyclic) bond motifs is 1. The summed E-state index contributed by atoms with van der Waals surface area (Å²) in [7, 11) is 0. The minimum atomic E-state index is -0.597. The lowest BCUT2D eigenvalue weighted by atomic mass is 10.2. The second-order valence-corrected chi connectivity index (χ2v) is 2.27. The van der Waals surface area contributed by atoms with Crippen LogP contribution in [0, 0.1) is 0 Å². The topological polar surface area (TPSA) is 46.6 Å². The van der Waals surface area contributed by atoms with Crippen LogP contribution in [0.4, 0.5) is 4.79 Å². The van der Waals surface area contributed by atoms with Gasteiger partial charge in [-0.2, -0.15) is 0 Å². The van der Waals surface area contributed by atoms with E-state index in [1.165, 1.54) is 11.1 Å². The molecule has 1 atom stereocenters. The molecule has 1 amide bonds. The zero-order chi connectivity index (χ0) is 7.84. The number of hydrogen-bond acceptors (Lipinski definition) is 3. The lowest BCUT2D eigenvalue weighted by Crippen LogP contribution is -2.29. The Morgan fingerprint density at radius 2 is 2.18 bits per heavy atom. The number of amides is 1. The maximum absolute atomic E-state index is 10.8. The molecular weight excluding hydrogens is 146 g/mol. The first-order valence-corrected chi connectivity index (χ1v) is 3.18. The van der Waals surface area contributed by atoms with Crippen LogP contribution in [0.3, 0.4) is 0 Å². The first-order valence-electron chi connectivity index (χ1n) is 3.18. The van der Waals surface area contributed by atoms with E-state index in [4.69, 9.17) is 0 Å². The average molecular weight is 151 g/mol. The Kier molecular flexibility index (Phi) is 1.09. The molecule has 1 fully saturated rings. The van der Waals surface area contributed by atoms with Crippen molar-refractivity contribution in [1.29, 1.82) is 0 Å². The van der Waals surface area contributed by atoms with Gasteiger partial charge in [0.15, 0.2) is 6.04 Å². The van der Waals surface area contributed by atoms with Gasteiger partial charge >= 0.3 is 12.1 Å². The quantitative estimate of drug-likeness (QED) is 0.372. The second-order valence-electron chi connectivity index (χ2n) is 2.27. The SMILES string of the molecule is O=C1OC(=O)N2C=CC=CC12. The molecule has 4 nitrogen and oxygen atoms in total. The van der Waals surface area contributed by atoms with Crippen LogP contribution in [0.5, 0.6) is 0 Å². The Hall–Kier alpha value is -1.58. The van der Waals surface area contributed by atoms with Crippen LogP contribution in [0.15, 0.2) is 24.4 Å². The summed E-state index contributed by atoms with van der Waals surface area (Å²) >= 11 is 0. The molecule has 2 heterocycles. The summed E-state index contributed by atoms with van der Waals surface area (Å²) < 4.78 is 4.35. The van der Waals surface area contributed by atoms with E-state index in [1.54, 1.807) is 18.2 Å². The van der Waals surface area contributed by atoms with Gasteiger partial charge in [-0.05, 0) is 6.08 Å². The lowest BCUT2D eigenvalue weighted by molar-refractivity contribution is -0.134. The summed E-state index contributed by atoms with van der Waals surface area (Å²) in [6.07, 6.45) is 5.93. The number of cyclic esters (lactones) is 2. The first kappa shape index (κ1) is 6.15. The number of ether oxygens (including phenoxy) is 1. The van der Waals surface area contributed by atoms with Crippen LogP contribution in [-0.4, -0.2) is 23.0 Å². The van der Waals surface area contributed by atoms with Crippen LogP contribution < -0.4 is 0 Å². The number of hydrogen-bond donors (Lipinski definition) is 0. The minimum Gasteiger partial charge on any atom is -0.374 e. The van der Waals surface area contributed by atoms with E-state index in [9.17, 15) is 9.59 Å². The van der Waals surface area contributed by atoms with Crippen LogP contribution in [0.2, 0.25) is 0 Å². The van der Waals surface area contributed by atoms with Crippen molar-refractivity contribution < 1.29 is 14.3 Å². The third-order valence-electron chi connectivity index (χ3n) is 1.59. The molecule has 2 aliphatic rings. The van der Waals surface area contributed by atoms with Gasteiger partial charge < -0.3 is 4.74 Å². The van der Waals surface area contributed by atoms with Crippen LogP contribution in [0.25, 0.3) is 0 Å². The monoisotopic (exact) mass is 151 g/mol. The Morgan fingerprint density at radius 3 is 2.91 bits per heavy atom. The molecule has 4 heteroatoms. The second kappa shape index (κ2) is 1.95. The van der Waals surface area contributed by atoms with E-state index in [2.05, 4.69) is 4.74 Å². The molecule has 0 spiro atoms. The molecule has 2 rings (SSSR count). The van der Waals surface area contributed by atoms with E-state index in [1.807, 2.05) is 0 Å². The van der Waals surface area contributed by atoms with E-state index >= 15 is 0 Å². The molecule has 0 saturated carbocycles. The number of rotatable bonds is 0. The minimum absolute atomic E-state index is 0.504. The van der Waals surface area contributed by atoms with Crippen molar-refractivity contribution in [1.82, 2.24) is 4.90 Å². The molecule has 1 unspecified atom stereocenters. The maximum Gasteiger partial charge on any atom is 0.422 e. The van der Waals surface area contributed by atoms with E-state index in [0.29, 0.717) is 0 Å². The fraction of sp³-hybridized carbons (Fsp3) is 0.143. The largest absolute Gasteiger partial charge is 0.422 e. The summed E-state index contributed by atoms with van der Waals surface area (Å²) in [5.41, 5.74) is 0. The molecule has 0 bridgehead atoms. The van der Waals surface area contributed by atoms with Gasteiger partial charge in [0, 0.05) is 6.20 Å². The molecule has 1 saturated heterocycles. The molecule has 2 aliphatic heterocycles. The predicted molar refractivity (Wildman–Crippen MR) is 35.4 cm³/mol. The number of carbonyl (C=O) groups is 2. The van der Waals surface area contributed by atoms with Crippen molar-refractivity contribution in [3.63, 3.8) is 0 Å².